The van der Waals surface area contributed by atoms with Crippen molar-refractivity contribution in [1.29, 1.82) is 0 Å². The standard InChI is InChI=1S/C16H20N2O4S/c1-3-11-18-12-10-14(15(18)16(19)22-4-2)17-23(20,21)13-8-6-5-7-9-13/h5-10,12,17H,3-4,11H2,1-2H3. The van der Waals surface area contributed by atoms with Crippen LogP contribution in [-0.2, 0) is 21.3 Å². The van der Waals surface area contributed by atoms with Crippen LogP contribution in [0.3, 0.4) is 0 Å². The van der Waals surface area contributed by atoms with E-state index in [1.54, 1.807) is 42.0 Å². The van der Waals surface area contributed by atoms with E-state index in [4.69, 9.17) is 4.74 Å². The lowest BCUT2D eigenvalue weighted by Crippen LogP contribution is -2.18. The fourth-order valence-corrected chi connectivity index (χ4v) is 3.30. The van der Waals surface area contributed by atoms with E-state index < -0.39 is 16.0 Å². The van der Waals surface area contributed by atoms with Crippen molar-refractivity contribution in [3.05, 3.63) is 48.3 Å². The molecule has 0 bridgehead atoms. The quantitative estimate of drug-likeness (QED) is 0.789. The Kier molecular flexibility index (Phi) is 5.44. The van der Waals surface area contributed by atoms with Crippen LogP contribution in [0.5, 0.6) is 0 Å². The van der Waals surface area contributed by atoms with Crippen LogP contribution in [0, 0.1) is 0 Å². The van der Waals surface area contributed by atoms with Gasteiger partial charge in [-0.25, -0.2) is 13.2 Å². The Morgan fingerprint density at radius 1 is 1.17 bits per heavy atom. The second-order valence-electron chi connectivity index (χ2n) is 4.91. The van der Waals surface area contributed by atoms with E-state index in [-0.39, 0.29) is 22.9 Å². The summed E-state index contributed by atoms with van der Waals surface area (Å²) in [4.78, 5) is 12.3. The Morgan fingerprint density at radius 3 is 2.48 bits per heavy atom. The Morgan fingerprint density at radius 2 is 1.87 bits per heavy atom. The molecule has 6 nitrogen and oxygen atoms in total. The van der Waals surface area contributed by atoms with Crippen molar-refractivity contribution in [1.82, 2.24) is 4.57 Å². The lowest BCUT2D eigenvalue weighted by Gasteiger charge is -2.11. The maximum Gasteiger partial charge on any atom is 0.357 e. The number of rotatable bonds is 7. The second-order valence-corrected chi connectivity index (χ2v) is 6.59. The summed E-state index contributed by atoms with van der Waals surface area (Å²) in [6.07, 6.45) is 2.49. The van der Waals surface area contributed by atoms with Crippen molar-refractivity contribution < 1.29 is 17.9 Å². The number of anilines is 1. The number of hydrogen-bond acceptors (Lipinski definition) is 4. The van der Waals surface area contributed by atoms with Crippen molar-refractivity contribution in [3.8, 4) is 0 Å². The molecule has 2 aromatic rings. The largest absolute Gasteiger partial charge is 0.461 e. The summed E-state index contributed by atoms with van der Waals surface area (Å²) in [5, 5.41) is 0. The number of nitrogens with zero attached hydrogens (tertiary/aromatic N) is 1. The zero-order chi connectivity index (χ0) is 16.9. The van der Waals surface area contributed by atoms with E-state index in [0.717, 1.165) is 6.42 Å². The minimum absolute atomic E-state index is 0.137. The number of benzene rings is 1. The molecule has 0 saturated carbocycles. The zero-order valence-electron chi connectivity index (χ0n) is 13.2. The van der Waals surface area contributed by atoms with Crippen LogP contribution in [0.4, 0.5) is 5.69 Å². The van der Waals surface area contributed by atoms with E-state index in [9.17, 15) is 13.2 Å². The Hall–Kier alpha value is -2.28. The first-order valence-corrected chi connectivity index (χ1v) is 8.92. The molecular weight excluding hydrogens is 316 g/mol. The van der Waals surface area contributed by atoms with Gasteiger partial charge >= 0.3 is 5.97 Å². The molecule has 0 aliphatic carbocycles. The highest BCUT2D eigenvalue weighted by Crippen LogP contribution is 2.23. The molecule has 0 amide bonds. The van der Waals surface area contributed by atoms with Gasteiger partial charge in [0.25, 0.3) is 10.0 Å². The van der Waals surface area contributed by atoms with Gasteiger partial charge in [0.1, 0.15) is 0 Å². The van der Waals surface area contributed by atoms with Crippen LogP contribution in [0.1, 0.15) is 30.8 Å². The van der Waals surface area contributed by atoms with E-state index in [1.165, 1.54) is 12.1 Å². The number of hydrogen-bond donors (Lipinski definition) is 1. The molecule has 1 heterocycles. The van der Waals surface area contributed by atoms with Crippen LogP contribution in [0.15, 0.2) is 47.5 Å². The fraction of sp³-hybridized carbons (Fsp3) is 0.312. The second kappa shape index (κ2) is 7.32. The third-order valence-electron chi connectivity index (χ3n) is 3.19. The summed E-state index contributed by atoms with van der Waals surface area (Å²) in [6, 6.07) is 9.58. The number of esters is 1. The molecule has 0 spiro atoms. The van der Waals surface area contributed by atoms with Gasteiger partial charge in [-0.3, -0.25) is 4.72 Å². The molecule has 0 unspecified atom stereocenters. The number of aryl methyl sites for hydroxylation is 1. The summed E-state index contributed by atoms with van der Waals surface area (Å²) in [6.45, 7) is 4.50. The Labute approximate surface area is 136 Å². The summed E-state index contributed by atoms with van der Waals surface area (Å²) >= 11 is 0. The molecule has 23 heavy (non-hydrogen) atoms. The third kappa shape index (κ3) is 3.92. The van der Waals surface area contributed by atoms with Gasteiger partial charge in [-0.15, -0.1) is 0 Å². The number of ether oxygens (including phenoxy) is 1. The molecule has 0 atom stereocenters. The predicted octanol–water partition coefficient (Wildman–Crippen LogP) is 2.88. The molecule has 0 fully saturated rings. The van der Waals surface area contributed by atoms with Gasteiger partial charge in [0.15, 0.2) is 5.69 Å². The van der Waals surface area contributed by atoms with Crippen LogP contribution in [0.2, 0.25) is 0 Å². The summed E-state index contributed by atoms with van der Waals surface area (Å²) < 4.78 is 34.1. The summed E-state index contributed by atoms with van der Waals surface area (Å²) in [5.74, 6) is -0.545. The molecular formula is C16H20N2O4S. The molecule has 2 rings (SSSR count). The first kappa shape index (κ1) is 17.1. The third-order valence-corrected chi connectivity index (χ3v) is 4.58. The van der Waals surface area contributed by atoms with Crippen LogP contribution >= 0.6 is 0 Å². The van der Waals surface area contributed by atoms with Crippen molar-refractivity contribution in [2.75, 3.05) is 11.3 Å². The van der Waals surface area contributed by atoms with Crippen LogP contribution < -0.4 is 4.72 Å². The van der Waals surface area contributed by atoms with Crippen molar-refractivity contribution in [3.63, 3.8) is 0 Å². The lowest BCUT2D eigenvalue weighted by molar-refractivity contribution is 0.0515. The number of sulfonamides is 1. The molecule has 0 aliphatic rings. The SMILES string of the molecule is CCCn1ccc(NS(=O)(=O)c2ccccc2)c1C(=O)OCC. The molecule has 1 aromatic heterocycles. The summed E-state index contributed by atoms with van der Waals surface area (Å²) in [5.41, 5.74) is 0.439. The molecule has 1 aromatic carbocycles. The monoisotopic (exact) mass is 336 g/mol. The maximum absolute atomic E-state index is 12.4. The van der Waals surface area contributed by atoms with Gasteiger partial charge < -0.3 is 9.30 Å². The van der Waals surface area contributed by atoms with Gasteiger partial charge in [-0.1, -0.05) is 25.1 Å². The predicted molar refractivity (Wildman–Crippen MR) is 87.9 cm³/mol. The average molecular weight is 336 g/mol. The molecule has 0 radical (unpaired) electrons. The number of carbonyl (C=O) groups excluding carboxylic acids is 1. The maximum atomic E-state index is 12.4. The number of carbonyl (C=O) groups is 1. The molecule has 7 heteroatoms. The van der Waals surface area contributed by atoms with E-state index in [0.29, 0.717) is 6.54 Å². The normalized spacial score (nSPS) is 11.2. The Bertz CT molecular complexity index is 767. The molecule has 0 saturated heterocycles. The topological polar surface area (TPSA) is 77.4 Å². The Balaban J connectivity index is 2.38. The highest BCUT2D eigenvalue weighted by Gasteiger charge is 2.22. The van der Waals surface area contributed by atoms with E-state index >= 15 is 0 Å². The van der Waals surface area contributed by atoms with Gasteiger partial charge in [-0.2, -0.15) is 0 Å². The van der Waals surface area contributed by atoms with Crippen molar-refractivity contribution >= 4 is 21.7 Å². The van der Waals surface area contributed by atoms with Crippen molar-refractivity contribution in [2.45, 2.75) is 31.7 Å². The molecule has 124 valence electrons. The van der Waals surface area contributed by atoms with Gasteiger partial charge in [0.05, 0.1) is 17.2 Å². The molecule has 1 N–H and O–H groups in total. The van der Waals surface area contributed by atoms with Crippen LogP contribution in [-0.4, -0.2) is 25.6 Å². The highest BCUT2D eigenvalue weighted by molar-refractivity contribution is 7.92. The minimum Gasteiger partial charge on any atom is -0.461 e. The highest BCUT2D eigenvalue weighted by atomic mass is 32.2. The lowest BCUT2D eigenvalue weighted by atomic mass is 10.3. The number of aromatic nitrogens is 1. The van der Waals surface area contributed by atoms with Crippen molar-refractivity contribution in [2.24, 2.45) is 0 Å². The smallest absolute Gasteiger partial charge is 0.357 e. The van der Waals surface area contributed by atoms with Gasteiger partial charge in [-0.05, 0) is 31.5 Å². The molecule has 0 aliphatic heterocycles. The number of nitrogens with one attached hydrogen (secondary N) is 1. The first-order valence-electron chi connectivity index (χ1n) is 7.43. The fourth-order valence-electron chi connectivity index (χ4n) is 2.21. The zero-order valence-corrected chi connectivity index (χ0v) is 14.0. The first-order chi connectivity index (χ1) is 11.0. The van der Waals surface area contributed by atoms with Crippen LogP contribution in [0.25, 0.3) is 0 Å². The minimum atomic E-state index is -3.76. The summed E-state index contributed by atoms with van der Waals surface area (Å²) in [7, 11) is -3.76. The van der Waals surface area contributed by atoms with E-state index in [1.807, 2.05) is 6.92 Å². The van der Waals surface area contributed by atoms with E-state index in [2.05, 4.69) is 4.72 Å². The van der Waals surface area contributed by atoms with Gasteiger partial charge in [0.2, 0.25) is 0 Å². The van der Waals surface area contributed by atoms with Gasteiger partial charge in [0, 0.05) is 12.7 Å². The average Bonchev–Trinajstić information content (AvgIpc) is 2.91.